The zero-order valence-corrected chi connectivity index (χ0v) is 44.2. The van der Waals surface area contributed by atoms with Gasteiger partial charge >= 0.3 is 17.9 Å². The van der Waals surface area contributed by atoms with Gasteiger partial charge in [0.2, 0.25) is 0 Å². The molecule has 6 heteroatoms. The van der Waals surface area contributed by atoms with Gasteiger partial charge in [0, 0.05) is 19.3 Å². The molecule has 0 aromatic rings. The Morgan fingerprint density at radius 1 is 0.313 bits per heavy atom. The Kier molecular flexibility index (Phi) is 52.8. The highest BCUT2D eigenvalue weighted by molar-refractivity contribution is 5.71. The quantitative estimate of drug-likeness (QED) is 0.0262. The van der Waals surface area contributed by atoms with Crippen molar-refractivity contribution in [3.05, 3.63) is 72.9 Å². The van der Waals surface area contributed by atoms with Crippen LogP contribution in [0.5, 0.6) is 0 Å². The molecule has 0 bridgehead atoms. The highest BCUT2D eigenvalue weighted by Crippen LogP contribution is 2.15. The molecule has 0 N–H and O–H groups in total. The zero-order valence-electron chi connectivity index (χ0n) is 44.2. The molecule has 386 valence electrons. The van der Waals surface area contributed by atoms with Crippen LogP contribution in [0.15, 0.2) is 72.9 Å². The highest BCUT2D eigenvalue weighted by atomic mass is 16.6. The third kappa shape index (κ3) is 53.7. The normalized spacial score (nSPS) is 12.6. The van der Waals surface area contributed by atoms with Crippen molar-refractivity contribution < 1.29 is 28.6 Å². The lowest BCUT2D eigenvalue weighted by molar-refractivity contribution is -0.167. The molecule has 0 aliphatic rings. The van der Waals surface area contributed by atoms with Crippen LogP contribution in [0.3, 0.4) is 0 Å². The minimum Gasteiger partial charge on any atom is -0.462 e. The van der Waals surface area contributed by atoms with E-state index >= 15 is 0 Å². The number of esters is 3. The van der Waals surface area contributed by atoms with Gasteiger partial charge in [-0.05, 0) is 103 Å². The molecule has 0 saturated heterocycles. The summed E-state index contributed by atoms with van der Waals surface area (Å²) in [7, 11) is 0. The maximum absolute atomic E-state index is 12.8. The first-order valence-electron chi connectivity index (χ1n) is 28.4. The average Bonchev–Trinajstić information content (AvgIpc) is 3.33. The van der Waals surface area contributed by atoms with Crippen molar-refractivity contribution in [2.24, 2.45) is 0 Å². The van der Waals surface area contributed by atoms with E-state index in [0.29, 0.717) is 19.3 Å². The second-order valence-electron chi connectivity index (χ2n) is 18.8. The van der Waals surface area contributed by atoms with Gasteiger partial charge in [0.15, 0.2) is 6.10 Å². The van der Waals surface area contributed by atoms with Crippen LogP contribution in [-0.2, 0) is 28.6 Å². The number of carbonyl (C=O) groups excluding carboxylic acids is 3. The van der Waals surface area contributed by atoms with E-state index in [2.05, 4.69) is 93.7 Å². The molecule has 67 heavy (non-hydrogen) atoms. The summed E-state index contributed by atoms with van der Waals surface area (Å²) < 4.78 is 16.8. The third-order valence-corrected chi connectivity index (χ3v) is 12.2. The van der Waals surface area contributed by atoms with Gasteiger partial charge in [-0.15, -0.1) is 0 Å². The molecule has 0 heterocycles. The van der Waals surface area contributed by atoms with Crippen molar-refractivity contribution in [2.45, 2.75) is 284 Å². The van der Waals surface area contributed by atoms with Gasteiger partial charge in [0.25, 0.3) is 0 Å². The second kappa shape index (κ2) is 55.4. The standard InChI is InChI=1S/C61H106O6/c1-4-7-10-13-16-19-22-24-26-28-30-32-34-36-39-42-45-48-51-54-60(63)66-57-58(56-65-59(62)53-50-47-44-41-38-21-18-15-12-9-6-3)67-61(64)55-52-49-46-43-40-37-35-33-31-29-27-25-23-20-17-14-11-8-5-2/h7,10,15-16,18-19,24,26,29-32,58H,4-6,8-9,11-14,17,20-23,25,27-28,33-57H2,1-3H3/b10-7-,18-15-,19-16-,26-24-,31-29-,32-30-. The summed E-state index contributed by atoms with van der Waals surface area (Å²) in [6.45, 7) is 6.48. The second-order valence-corrected chi connectivity index (χ2v) is 18.8. The Labute approximate surface area is 414 Å². The van der Waals surface area contributed by atoms with Crippen LogP contribution in [0.25, 0.3) is 0 Å². The van der Waals surface area contributed by atoms with Gasteiger partial charge in [-0.1, -0.05) is 229 Å². The molecule has 0 spiro atoms. The lowest BCUT2D eigenvalue weighted by Crippen LogP contribution is -2.30. The number of carbonyl (C=O) groups is 3. The molecule has 0 aromatic heterocycles. The maximum Gasteiger partial charge on any atom is 0.306 e. The van der Waals surface area contributed by atoms with Crippen LogP contribution in [0.4, 0.5) is 0 Å². The summed E-state index contributed by atoms with van der Waals surface area (Å²) in [5.74, 6) is -0.907. The van der Waals surface area contributed by atoms with Crippen LogP contribution in [0, 0.1) is 0 Å². The molecule has 0 saturated carbocycles. The van der Waals surface area contributed by atoms with Crippen LogP contribution in [-0.4, -0.2) is 37.2 Å². The summed E-state index contributed by atoms with van der Waals surface area (Å²) in [4.78, 5) is 38.1. The van der Waals surface area contributed by atoms with Gasteiger partial charge in [-0.25, -0.2) is 0 Å². The van der Waals surface area contributed by atoms with E-state index in [0.717, 1.165) is 96.3 Å². The predicted octanol–water partition coefficient (Wildman–Crippen LogP) is 19.0. The number of ether oxygens (including phenoxy) is 3. The topological polar surface area (TPSA) is 78.9 Å². The van der Waals surface area contributed by atoms with Crippen LogP contribution >= 0.6 is 0 Å². The van der Waals surface area contributed by atoms with Crippen molar-refractivity contribution in [3.63, 3.8) is 0 Å². The van der Waals surface area contributed by atoms with Gasteiger partial charge < -0.3 is 14.2 Å². The number of allylic oxidation sites excluding steroid dienone is 12. The van der Waals surface area contributed by atoms with Crippen molar-refractivity contribution >= 4 is 17.9 Å². The Hall–Kier alpha value is -3.15. The third-order valence-electron chi connectivity index (χ3n) is 12.2. The summed E-state index contributed by atoms with van der Waals surface area (Å²) in [6.07, 6.45) is 70.3. The smallest absolute Gasteiger partial charge is 0.306 e. The zero-order chi connectivity index (χ0) is 48.6. The molecule has 0 rings (SSSR count). The van der Waals surface area contributed by atoms with Crippen LogP contribution < -0.4 is 0 Å². The van der Waals surface area contributed by atoms with Gasteiger partial charge in [-0.2, -0.15) is 0 Å². The predicted molar refractivity (Wildman–Crippen MR) is 288 cm³/mol. The first-order chi connectivity index (χ1) is 33.0. The summed E-state index contributed by atoms with van der Waals surface area (Å²) >= 11 is 0. The number of hydrogen-bond donors (Lipinski definition) is 0. The summed E-state index contributed by atoms with van der Waals surface area (Å²) in [5, 5.41) is 0. The van der Waals surface area contributed by atoms with E-state index in [1.807, 2.05) is 0 Å². The molecule has 1 atom stereocenters. The Morgan fingerprint density at radius 3 is 0.970 bits per heavy atom. The molecule has 0 aromatic carbocycles. The van der Waals surface area contributed by atoms with E-state index in [1.165, 1.54) is 141 Å². The van der Waals surface area contributed by atoms with Crippen molar-refractivity contribution in [1.29, 1.82) is 0 Å². The van der Waals surface area contributed by atoms with E-state index in [9.17, 15) is 14.4 Å². The molecular formula is C61H106O6. The minimum absolute atomic E-state index is 0.0858. The van der Waals surface area contributed by atoms with Gasteiger partial charge in [0.05, 0.1) is 0 Å². The van der Waals surface area contributed by atoms with E-state index in [-0.39, 0.29) is 31.1 Å². The van der Waals surface area contributed by atoms with E-state index < -0.39 is 6.10 Å². The summed E-state index contributed by atoms with van der Waals surface area (Å²) in [6, 6.07) is 0. The molecule has 0 fully saturated rings. The van der Waals surface area contributed by atoms with E-state index in [4.69, 9.17) is 14.2 Å². The number of hydrogen-bond acceptors (Lipinski definition) is 6. The van der Waals surface area contributed by atoms with Crippen molar-refractivity contribution in [2.75, 3.05) is 13.2 Å². The molecule has 1 unspecified atom stereocenters. The van der Waals surface area contributed by atoms with Crippen molar-refractivity contribution in [3.8, 4) is 0 Å². The fourth-order valence-electron chi connectivity index (χ4n) is 7.88. The van der Waals surface area contributed by atoms with Crippen LogP contribution in [0.2, 0.25) is 0 Å². The molecule has 0 aliphatic carbocycles. The minimum atomic E-state index is -0.787. The highest BCUT2D eigenvalue weighted by Gasteiger charge is 2.19. The maximum atomic E-state index is 12.8. The largest absolute Gasteiger partial charge is 0.462 e. The lowest BCUT2D eigenvalue weighted by Gasteiger charge is -2.18. The van der Waals surface area contributed by atoms with Crippen molar-refractivity contribution in [1.82, 2.24) is 0 Å². The fraction of sp³-hybridized carbons (Fsp3) is 0.754. The van der Waals surface area contributed by atoms with Crippen LogP contribution in [0.1, 0.15) is 278 Å². The Balaban J connectivity index is 4.36. The Morgan fingerprint density at radius 2 is 0.597 bits per heavy atom. The molecule has 6 nitrogen and oxygen atoms in total. The van der Waals surface area contributed by atoms with E-state index in [1.54, 1.807) is 0 Å². The average molecular weight is 936 g/mol. The first kappa shape index (κ1) is 63.8. The Bertz CT molecular complexity index is 1260. The molecule has 0 radical (unpaired) electrons. The van der Waals surface area contributed by atoms with Gasteiger partial charge in [0.1, 0.15) is 13.2 Å². The fourth-order valence-corrected chi connectivity index (χ4v) is 7.88. The lowest BCUT2D eigenvalue weighted by atomic mass is 10.1. The monoisotopic (exact) mass is 935 g/mol. The molecular weight excluding hydrogens is 829 g/mol. The summed E-state index contributed by atoms with van der Waals surface area (Å²) in [5.41, 5.74) is 0. The van der Waals surface area contributed by atoms with Gasteiger partial charge in [-0.3, -0.25) is 14.4 Å². The molecule has 0 aliphatic heterocycles. The number of unbranched alkanes of at least 4 members (excludes halogenated alkanes) is 28. The first-order valence-corrected chi connectivity index (χ1v) is 28.4. The number of rotatable bonds is 51. The molecule has 0 amide bonds. The SMILES string of the molecule is CC/C=C\C/C=C\C/C=C\C/C=C\CCCCCCCCC(=O)OCC(COC(=O)CCCCCCC/C=C\CCCC)OC(=O)CCCCCCCCC/C=C\CCCCCCCCCC.